The third kappa shape index (κ3) is 4.25. The Morgan fingerprint density at radius 2 is 2.26 bits per heavy atom. The number of anilines is 1. The van der Waals surface area contributed by atoms with Gasteiger partial charge in [-0.15, -0.1) is 0 Å². The molecule has 0 aliphatic rings. The minimum atomic E-state index is -0.176. The summed E-state index contributed by atoms with van der Waals surface area (Å²) in [6.07, 6.45) is 1.65. The van der Waals surface area contributed by atoms with Crippen LogP contribution < -0.4 is 5.32 Å². The van der Waals surface area contributed by atoms with Crippen LogP contribution in [0.15, 0.2) is 18.3 Å². The van der Waals surface area contributed by atoms with Gasteiger partial charge in [0.2, 0.25) is 0 Å². The first kappa shape index (κ1) is 15.0. The van der Waals surface area contributed by atoms with Gasteiger partial charge in [-0.2, -0.15) is 5.26 Å². The van der Waals surface area contributed by atoms with Crippen LogP contribution in [-0.2, 0) is 0 Å². The summed E-state index contributed by atoms with van der Waals surface area (Å²) in [4.78, 5) is 18.0. The van der Waals surface area contributed by atoms with Gasteiger partial charge in [0.25, 0.3) is 5.91 Å². The quantitative estimate of drug-likeness (QED) is 0.850. The van der Waals surface area contributed by atoms with Crippen molar-refractivity contribution in [1.82, 2.24) is 9.88 Å². The molecule has 1 unspecified atom stereocenters. The minimum absolute atomic E-state index is 0.132. The zero-order valence-electron chi connectivity index (χ0n) is 11.7. The van der Waals surface area contributed by atoms with Gasteiger partial charge in [0.05, 0.1) is 23.9 Å². The van der Waals surface area contributed by atoms with Crippen molar-refractivity contribution in [3.63, 3.8) is 0 Å². The molecule has 1 heterocycles. The van der Waals surface area contributed by atoms with E-state index in [9.17, 15) is 4.79 Å². The molecule has 0 spiro atoms. The van der Waals surface area contributed by atoms with Crippen molar-refractivity contribution in [2.24, 2.45) is 5.92 Å². The van der Waals surface area contributed by atoms with E-state index in [-0.39, 0.29) is 11.8 Å². The lowest BCUT2D eigenvalue weighted by atomic mass is 10.2. The zero-order chi connectivity index (χ0) is 14.3. The highest BCUT2D eigenvalue weighted by Gasteiger charge is 2.17. The average Bonchev–Trinajstić information content (AvgIpc) is 2.45. The number of nitrogens with zero attached hydrogens (tertiary/aromatic N) is 3. The number of carbonyl (C=O) groups excluding carboxylic acids is 1. The van der Waals surface area contributed by atoms with Crippen molar-refractivity contribution in [1.29, 1.82) is 5.26 Å². The number of rotatable bonds is 6. The summed E-state index contributed by atoms with van der Waals surface area (Å²) in [5.74, 6) is -0.308. The second-order valence-corrected chi connectivity index (χ2v) is 4.34. The van der Waals surface area contributed by atoms with E-state index in [0.717, 1.165) is 12.2 Å². The topological polar surface area (TPSA) is 69.0 Å². The van der Waals surface area contributed by atoms with E-state index in [2.05, 4.69) is 16.4 Å². The fourth-order valence-electron chi connectivity index (χ4n) is 1.72. The number of aromatic nitrogens is 1. The maximum atomic E-state index is 12.2. The second-order valence-electron chi connectivity index (χ2n) is 4.34. The van der Waals surface area contributed by atoms with E-state index in [1.807, 2.05) is 19.9 Å². The first-order valence-corrected chi connectivity index (χ1v) is 6.51. The van der Waals surface area contributed by atoms with Crippen molar-refractivity contribution in [3.05, 3.63) is 24.0 Å². The van der Waals surface area contributed by atoms with Gasteiger partial charge in [0.15, 0.2) is 0 Å². The fraction of sp³-hybridized carbons (Fsp3) is 0.500. The standard InChI is InChI=1S/C14H20N4O/c1-4-16-12-6-7-13(17-9-12)14(19)18(5-2)10-11(3)8-15/h6-7,9,11,16H,4-5,10H2,1-3H3. The predicted octanol–water partition coefficient (Wildman–Crippen LogP) is 2.14. The monoisotopic (exact) mass is 260 g/mol. The van der Waals surface area contributed by atoms with Gasteiger partial charge in [0, 0.05) is 19.6 Å². The summed E-state index contributed by atoms with van der Waals surface area (Å²) in [5.41, 5.74) is 1.31. The lowest BCUT2D eigenvalue weighted by Gasteiger charge is -2.21. The molecule has 1 N–H and O–H groups in total. The Morgan fingerprint density at radius 3 is 2.74 bits per heavy atom. The number of hydrogen-bond acceptors (Lipinski definition) is 4. The van der Waals surface area contributed by atoms with Gasteiger partial charge in [-0.25, -0.2) is 4.98 Å². The third-order valence-electron chi connectivity index (χ3n) is 2.75. The summed E-state index contributed by atoms with van der Waals surface area (Å²) < 4.78 is 0. The maximum absolute atomic E-state index is 12.2. The lowest BCUT2D eigenvalue weighted by molar-refractivity contribution is 0.0747. The van der Waals surface area contributed by atoms with E-state index < -0.39 is 0 Å². The molecule has 102 valence electrons. The molecule has 1 aromatic rings. The zero-order valence-corrected chi connectivity index (χ0v) is 11.7. The maximum Gasteiger partial charge on any atom is 0.272 e. The van der Waals surface area contributed by atoms with E-state index in [0.29, 0.717) is 18.8 Å². The predicted molar refractivity (Wildman–Crippen MR) is 74.8 cm³/mol. The van der Waals surface area contributed by atoms with Crippen LogP contribution in [0.5, 0.6) is 0 Å². The van der Waals surface area contributed by atoms with E-state index in [1.54, 1.807) is 24.1 Å². The number of hydrogen-bond donors (Lipinski definition) is 1. The smallest absolute Gasteiger partial charge is 0.272 e. The van der Waals surface area contributed by atoms with E-state index >= 15 is 0 Å². The molecule has 1 atom stereocenters. The number of pyridine rings is 1. The summed E-state index contributed by atoms with van der Waals surface area (Å²) in [5, 5.41) is 11.9. The Bertz CT molecular complexity index is 450. The molecule has 19 heavy (non-hydrogen) atoms. The Balaban J connectivity index is 2.77. The minimum Gasteiger partial charge on any atom is -0.384 e. The number of amides is 1. The molecule has 0 bridgehead atoms. The Kier molecular flexibility index (Phi) is 5.80. The van der Waals surface area contributed by atoms with Crippen LogP contribution in [0, 0.1) is 17.2 Å². The average molecular weight is 260 g/mol. The van der Waals surface area contributed by atoms with Crippen molar-refractivity contribution < 1.29 is 4.79 Å². The largest absolute Gasteiger partial charge is 0.384 e. The first-order valence-electron chi connectivity index (χ1n) is 6.51. The van der Waals surface area contributed by atoms with Crippen molar-refractivity contribution >= 4 is 11.6 Å². The SMILES string of the molecule is CCNc1ccc(C(=O)N(CC)CC(C)C#N)nc1. The molecule has 1 amide bonds. The van der Waals surface area contributed by atoms with Crippen LogP contribution in [0.1, 0.15) is 31.3 Å². The number of nitriles is 1. The van der Waals surface area contributed by atoms with Gasteiger partial charge in [0.1, 0.15) is 5.69 Å². The van der Waals surface area contributed by atoms with Gasteiger partial charge < -0.3 is 10.2 Å². The van der Waals surface area contributed by atoms with Crippen molar-refractivity contribution in [2.45, 2.75) is 20.8 Å². The van der Waals surface area contributed by atoms with Crippen LogP contribution in [-0.4, -0.2) is 35.4 Å². The second kappa shape index (κ2) is 7.37. The molecule has 0 saturated carbocycles. The number of carbonyl (C=O) groups is 1. The normalized spacial score (nSPS) is 11.5. The van der Waals surface area contributed by atoms with Gasteiger partial charge >= 0.3 is 0 Å². The molecule has 0 saturated heterocycles. The molecule has 0 fully saturated rings. The van der Waals surface area contributed by atoms with E-state index in [1.165, 1.54) is 0 Å². The van der Waals surface area contributed by atoms with Crippen molar-refractivity contribution in [3.8, 4) is 6.07 Å². The molecule has 1 aromatic heterocycles. The Labute approximate surface area is 114 Å². The Morgan fingerprint density at radius 1 is 1.53 bits per heavy atom. The summed E-state index contributed by atoms with van der Waals surface area (Å²) >= 11 is 0. The molecule has 0 aliphatic heterocycles. The highest BCUT2D eigenvalue weighted by Crippen LogP contribution is 2.09. The summed E-state index contributed by atoms with van der Waals surface area (Å²) in [6.45, 7) is 7.52. The first-order chi connectivity index (χ1) is 9.12. The van der Waals surface area contributed by atoms with Crippen LogP contribution >= 0.6 is 0 Å². The molecule has 0 aliphatic carbocycles. The van der Waals surface area contributed by atoms with Crippen LogP contribution in [0.2, 0.25) is 0 Å². The highest BCUT2D eigenvalue weighted by atomic mass is 16.2. The molecular formula is C14H20N4O. The van der Waals surface area contributed by atoms with Gasteiger partial charge in [-0.3, -0.25) is 4.79 Å². The number of nitrogens with one attached hydrogen (secondary N) is 1. The van der Waals surface area contributed by atoms with Gasteiger partial charge in [-0.05, 0) is 32.9 Å². The molecule has 0 aromatic carbocycles. The fourth-order valence-corrected chi connectivity index (χ4v) is 1.72. The molecule has 5 nitrogen and oxygen atoms in total. The summed E-state index contributed by atoms with van der Waals surface area (Å²) in [6, 6.07) is 5.68. The van der Waals surface area contributed by atoms with Crippen LogP contribution in [0.25, 0.3) is 0 Å². The molecule has 0 radical (unpaired) electrons. The lowest BCUT2D eigenvalue weighted by Crippen LogP contribution is -2.34. The molecular weight excluding hydrogens is 240 g/mol. The van der Waals surface area contributed by atoms with Crippen molar-refractivity contribution in [2.75, 3.05) is 25.0 Å². The molecule has 5 heteroatoms. The highest BCUT2D eigenvalue weighted by molar-refractivity contribution is 5.92. The molecule has 1 rings (SSSR count). The van der Waals surface area contributed by atoms with Crippen LogP contribution in [0.3, 0.4) is 0 Å². The summed E-state index contributed by atoms with van der Waals surface area (Å²) in [7, 11) is 0. The van der Waals surface area contributed by atoms with Gasteiger partial charge in [-0.1, -0.05) is 0 Å². The van der Waals surface area contributed by atoms with Crippen LogP contribution in [0.4, 0.5) is 5.69 Å². The third-order valence-corrected chi connectivity index (χ3v) is 2.75. The Hall–Kier alpha value is -2.09. The van der Waals surface area contributed by atoms with E-state index in [4.69, 9.17) is 5.26 Å².